The van der Waals surface area contributed by atoms with E-state index in [4.69, 9.17) is 4.74 Å². The van der Waals surface area contributed by atoms with Crippen LogP contribution in [0.1, 0.15) is 41.0 Å². The summed E-state index contributed by atoms with van der Waals surface area (Å²) < 4.78 is 7.25. The Hall–Kier alpha value is -3.34. The second-order valence-corrected chi connectivity index (χ2v) is 7.50. The molecule has 2 aromatic carbocycles. The standard InChI is InChI=1S/C26H30N2O3/c1-5-27(17-21-13-9-7-10-14-21)23(29)18-28-20(4)24(26(30)31-6-2)19(3)25(28)22-15-11-8-12-16-22/h7-16H,5-6,17-18H2,1-4H3. The van der Waals surface area contributed by atoms with Gasteiger partial charge in [0.2, 0.25) is 5.91 Å². The van der Waals surface area contributed by atoms with Crippen molar-refractivity contribution in [2.75, 3.05) is 13.2 Å². The first-order chi connectivity index (χ1) is 15.0. The van der Waals surface area contributed by atoms with Crippen LogP contribution < -0.4 is 0 Å². The SMILES string of the molecule is CCOC(=O)c1c(C)c(-c2ccccc2)n(CC(=O)N(CC)Cc2ccccc2)c1C. The van der Waals surface area contributed by atoms with Crippen molar-refractivity contribution in [1.29, 1.82) is 0 Å². The molecule has 0 fully saturated rings. The number of nitrogens with zero attached hydrogens (tertiary/aromatic N) is 2. The highest BCUT2D eigenvalue weighted by molar-refractivity contribution is 5.95. The van der Waals surface area contributed by atoms with E-state index in [-0.39, 0.29) is 18.4 Å². The Balaban J connectivity index is 1.99. The molecule has 0 aliphatic rings. The highest BCUT2D eigenvalue weighted by Crippen LogP contribution is 2.32. The van der Waals surface area contributed by atoms with Crippen molar-refractivity contribution >= 4 is 11.9 Å². The van der Waals surface area contributed by atoms with E-state index in [1.54, 1.807) is 6.92 Å². The van der Waals surface area contributed by atoms with Crippen LogP contribution in [0.4, 0.5) is 0 Å². The third-order valence-electron chi connectivity index (χ3n) is 5.54. The van der Waals surface area contributed by atoms with Gasteiger partial charge in [0.05, 0.1) is 17.9 Å². The maximum atomic E-state index is 13.3. The normalized spacial score (nSPS) is 10.7. The Kier molecular flexibility index (Phi) is 7.29. The Morgan fingerprint density at radius 3 is 2.13 bits per heavy atom. The largest absolute Gasteiger partial charge is 0.462 e. The van der Waals surface area contributed by atoms with Crippen LogP contribution in [0.5, 0.6) is 0 Å². The Morgan fingerprint density at radius 1 is 0.935 bits per heavy atom. The monoisotopic (exact) mass is 418 g/mol. The van der Waals surface area contributed by atoms with Gasteiger partial charge in [0.15, 0.2) is 0 Å². The van der Waals surface area contributed by atoms with E-state index in [1.807, 2.05) is 90.9 Å². The van der Waals surface area contributed by atoms with E-state index < -0.39 is 0 Å². The molecule has 0 N–H and O–H groups in total. The molecular formula is C26H30N2O3. The molecular weight excluding hydrogens is 388 g/mol. The number of aromatic nitrogens is 1. The average Bonchev–Trinajstić information content (AvgIpc) is 3.02. The molecule has 0 unspecified atom stereocenters. The third-order valence-corrected chi connectivity index (χ3v) is 5.54. The van der Waals surface area contributed by atoms with Crippen molar-refractivity contribution in [3.05, 3.63) is 83.0 Å². The van der Waals surface area contributed by atoms with Crippen LogP contribution in [-0.2, 0) is 22.6 Å². The van der Waals surface area contributed by atoms with Crippen LogP contribution in [0.3, 0.4) is 0 Å². The summed E-state index contributed by atoms with van der Waals surface area (Å²) >= 11 is 0. The number of ether oxygens (including phenoxy) is 1. The van der Waals surface area contributed by atoms with E-state index in [0.717, 1.165) is 28.1 Å². The second-order valence-electron chi connectivity index (χ2n) is 7.50. The summed E-state index contributed by atoms with van der Waals surface area (Å²) in [4.78, 5) is 27.8. The number of benzene rings is 2. The fourth-order valence-electron chi connectivity index (χ4n) is 3.98. The Bertz CT molecular complexity index is 1040. The number of hydrogen-bond donors (Lipinski definition) is 0. The molecule has 5 nitrogen and oxygen atoms in total. The fourth-order valence-corrected chi connectivity index (χ4v) is 3.98. The van der Waals surface area contributed by atoms with Gasteiger partial charge in [-0.15, -0.1) is 0 Å². The number of likely N-dealkylation sites (N-methyl/N-ethyl adjacent to an activating group) is 1. The molecule has 3 rings (SSSR count). The molecule has 0 radical (unpaired) electrons. The number of esters is 1. The smallest absolute Gasteiger partial charge is 0.340 e. The van der Waals surface area contributed by atoms with E-state index in [9.17, 15) is 9.59 Å². The summed E-state index contributed by atoms with van der Waals surface area (Å²) in [7, 11) is 0. The second kappa shape index (κ2) is 10.1. The molecule has 0 saturated carbocycles. The zero-order valence-corrected chi connectivity index (χ0v) is 18.7. The highest BCUT2D eigenvalue weighted by Gasteiger charge is 2.26. The minimum atomic E-state index is -0.350. The maximum absolute atomic E-state index is 13.3. The molecule has 5 heteroatoms. The topological polar surface area (TPSA) is 51.5 Å². The van der Waals surface area contributed by atoms with Crippen molar-refractivity contribution in [2.24, 2.45) is 0 Å². The van der Waals surface area contributed by atoms with Crippen molar-refractivity contribution in [2.45, 2.75) is 40.8 Å². The maximum Gasteiger partial charge on any atom is 0.340 e. The molecule has 31 heavy (non-hydrogen) atoms. The van der Waals surface area contributed by atoms with Crippen LogP contribution in [0.15, 0.2) is 60.7 Å². The van der Waals surface area contributed by atoms with E-state index in [1.165, 1.54) is 0 Å². The van der Waals surface area contributed by atoms with Crippen molar-refractivity contribution in [3.63, 3.8) is 0 Å². The van der Waals surface area contributed by atoms with E-state index in [2.05, 4.69) is 0 Å². The molecule has 1 aromatic heterocycles. The minimum absolute atomic E-state index is 0.0112. The van der Waals surface area contributed by atoms with E-state index >= 15 is 0 Å². The average molecular weight is 419 g/mol. The first-order valence-electron chi connectivity index (χ1n) is 10.7. The van der Waals surface area contributed by atoms with E-state index in [0.29, 0.717) is 25.3 Å². The molecule has 162 valence electrons. The van der Waals surface area contributed by atoms with Crippen molar-refractivity contribution in [3.8, 4) is 11.3 Å². The molecule has 0 spiro atoms. The molecule has 3 aromatic rings. The van der Waals surface area contributed by atoms with Gasteiger partial charge in [0.1, 0.15) is 6.54 Å². The molecule has 0 saturated heterocycles. The summed E-state index contributed by atoms with van der Waals surface area (Å²) in [6.07, 6.45) is 0. The number of carbonyl (C=O) groups is 2. The van der Waals surface area contributed by atoms with Crippen LogP contribution in [-0.4, -0.2) is 34.5 Å². The third kappa shape index (κ3) is 4.88. The van der Waals surface area contributed by atoms with Crippen molar-refractivity contribution in [1.82, 2.24) is 9.47 Å². The fraction of sp³-hybridized carbons (Fsp3) is 0.308. The van der Waals surface area contributed by atoms with Crippen LogP contribution in [0.25, 0.3) is 11.3 Å². The Morgan fingerprint density at radius 2 is 1.55 bits per heavy atom. The van der Waals surface area contributed by atoms with Crippen LogP contribution in [0.2, 0.25) is 0 Å². The lowest BCUT2D eigenvalue weighted by Crippen LogP contribution is -2.33. The van der Waals surface area contributed by atoms with Gasteiger partial charge in [-0.05, 0) is 44.4 Å². The molecule has 0 aliphatic carbocycles. The predicted octanol–water partition coefficient (Wildman–Crippen LogP) is 5.00. The zero-order valence-electron chi connectivity index (χ0n) is 18.7. The molecule has 0 atom stereocenters. The summed E-state index contributed by atoms with van der Waals surface area (Å²) in [6.45, 7) is 9.22. The molecule has 1 amide bonds. The Labute approximate surface area is 184 Å². The first-order valence-corrected chi connectivity index (χ1v) is 10.7. The van der Waals surface area contributed by atoms with Gasteiger partial charge in [-0.25, -0.2) is 4.79 Å². The number of amides is 1. The van der Waals surface area contributed by atoms with Gasteiger partial charge in [-0.3, -0.25) is 4.79 Å². The lowest BCUT2D eigenvalue weighted by Gasteiger charge is -2.23. The lowest BCUT2D eigenvalue weighted by molar-refractivity contribution is -0.132. The minimum Gasteiger partial charge on any atom is -0.462 e. The van der Waals surface area contributed by atoms with Crippen molar-refractivity contribution < 1.29 is 14.3 Å². The highest BCUT2D eigenvalue weighted by atomic mass is 16.5. The quantitative estimate of drug-likeness (QED) is 0.484. The van der Waals surface area contributed by atoms with Gasteiger partial charge in [0, 0.05) is 18.8 Å². The van der Waals surface area contributed by atoms with Crippen LogP contribution >= 0.6 is 0 Å². The predicted molar refractivity (Wildman–Crippen MR) is 123 cm³/mol. The summed E-state index contributed by atoms with van der Waals surface area (Å²) in [6, 6.07) is 19.8. The molecule has 0 aliphatic heterocycles. The van der Waals surface area contributed by atoms with Gasteiger partial charge < -0.3 is 14.2 Å². The number of rotatable bonds is 8. The van der Waals surface area contributed by atoms with Gasteiger partial charge >= 0.3 is 5.97 Å². The van der Waals surface area contributed by atoms with Crippen LogP contribution in [0, 0.1) is 13.8 Å². The number of carbonyl (C=O) groups excluding carboxylic acids is 2. The van der Waals surface area contributed by atoms with Gasteiger partial charge in [-0.2, -0.15) is 0 Å². The molecule has 0 bridgehead atoms. The first kappa shape index (κ1) is 22.3. The van der Waals surface area contributed by atoms with Gasteiger partial charge in [-0.1, -0.05) is 60.7 Å². The summed E-state index contributed by atoms with van der Waals surface area (Å²) in [5.41, 5.74) is 5.07. The lowest BCUT2D eigenvalue weighted by atomic mass is 10.1. The molecule has 1 heterocycles. The van der Waals surface area contributed by atoms with Gasteiger partial charge in [0.25, 0.3) is 0 Å². The summed E-state index contributed by atoms with van der Waals surface area (Å²) in [5.74, 6) is -0.338. The zero-order chi connectivity index (χ0) is 22.4. The summed E-state index contributed by atoms with van der Waals surface area (Å²) in [5, 5.41) is 0. The number of hydrogen-bond acceptors (Lipinski definition) is 3.